The van der Waals surface area contributed by atoms with E-state index >= 15 is 0 Å². The third-order valence-corrected chi connectivity index (χ3v) is 3.78. The fourth-order valence-electron chi connectivity index (χ4n) is 2.24. The number of halogens is 2. The van der Waals surface area contributed by atoms with Gasteiger partial charge in [0.25, 0.3) is 0 Å². The van der Waals surface area contributed by atoms with Crippen molar-refractivity contribution in [3.05, 3.63) is 34.1 Å². The zero-order valence-corrected chi connectivity index (χ0v) is 10.6. The SMILES string of the molecule is O=C(Cc1ccc(F)c(Br)c1)C1CCCC1. The highest BCUT2D eigenvalue weighted by Crippen LogP contribution is 2.27. The van der Waals surface area contributed by atoms with Gasteiger partial charge in [0, 0.05) is 12.3 Å². The van der Waals surface area contributed by atoms with Gasteiger partial charge < -0.3 is 0 Å². The molecule has 0 heterocycles. The Bertz CT molecular complexity index is 397. The molecular formula is C13H14BrFO. The van der Waals surface area contributed by atoms with E-state index in [-0.39, 0.29) is 11.7 Å². The number of ketones is 1. The summed E-state index contributed by atoms with van der Waals surface area (Å²) in [5.41, 5.74) is 0.894. The van der Waals surface area contributed by atoms with Crippen LogP contribution in [0.4, 0.5) is 4.39 Å². The van der Waals surface area contributed by atoms with Crippen molar-refractivity contribution in [2.75, 3.05) is 0 Å². The number of carbonyl (C=O) groups excluding carboxylic acids is 1. The molecule has 0 bridgehead atoms. The summed E-state index contributed by atoms with van der Waals surface area (Å²) >= 11 is 3.13. The van der Waals surface area contributed by atoms with E-state index in [0.29, 0.717) is 16.7 Å². The molecule has 0 saturated heterocycles. The van der Waals surface area contributed by atoms with Crippen LogP contribution in [-0.2, 0) is 11.2 Å². The molecule has 0 aliphatic heterocycles. The second kappa shape index (κ2) is 5.09. The predicted molar refractivity (Wildman–Crippen MR) is 64.8 cm³/mol. The van der Waals surface area contributed by atoms with Gasteiger partial charge in [0.1, 0.15) is 11.6 Å². The Morgan fingerprint density at radius 3 is 2.69 bits per heavy atom. The first-order valence-electron chi connectivity index (χ1n) is 5.63. The normalized spacial score (nSPS) is 16.6. The summed E-state index contributed by atoms with van der Waals surface area (Å²) in [4.78, 5) is 11.9. The zero-order chi connectivity index (χ0) is 11.5. The second-order valence-corrected chi connectivity index (χ2v) is 5.23. The van der Waals surface area contributed by atoms with Crippen LogP contribution in [0.1, 0.15) is 31.2 Å². The van der Waals surface area contributed by atoms with Gasteiger partial charge in [-0.1, -0.05) is 18.9 Å². The average Bonchev–Trinajstić information content (AvgIpc) is 2.77. The minimum absolute atomic E-state index is 0.240. The van der Waals surface area contributed by atoms with Crippen LogP contribution in [0.25, 0.3) is 0 Å². The van der Waals surface area contributed by atoms with Gasteiger partial charge in [0.05, 0.1) is 4.47 Å². The van der Waals surface area contributed by atoms with Crippen LogP contribution in [0.5, 0.6) is 0 Å². The summed E-state index contributed by atoms with van der Waals surface area (Å²) in [5, 5.41) is 0. The summed E-state index contributed by atoms with van der Waals surface area (Å²) in [6, 6.07) is 4.79. The molecule has 0 spiro atoms. The van der Waals surface area contributed by atoms with Crippen LogP contribution in [0.3, 0.4) is 0 Å². The van der Waals surface area contributed by atoms with Gasteiger partial charge in [-0.15, -0.1) is 0 Å². The number of rotatable bonds is 3. The Morgan fingerprint density at radius 2 is 2.06 bits per heavy atom. The fraction of sp³-hybridized carbons (Fsp3) is 0.462. The van der Waals surface area contributed by atoms with Crippen LogP contribution in [0.2, 0.25) is 0 Å². The highest BCUT2D eigenvalue weighted by molar-refractivity contribution is 9.10. The standard InChI is InChI=1S/C13H14BrFO/c14-11-7-9(5-6-12(11)15)8-13(16)10-3-1-2-4-10/h5-7,10H,1-4,8H2. The van der Waals surface area contributed by atoms with E-state index in [0.717, 1.165) is 18.4 Å². The maximum absolute atomic E-state index is 13.0. The number of Topliss-reactive ketones (excluding diaryl/α,β-unsaturated/α-hetero) is 1. The third kappa shape index (κ3) is 2.70. The Labute approximate surface area is 103 Å². The van der Waals surface area contributed by atoms with Crippen molar-refractivity contribution in [1.29, 1.82) is 0 Å². The van der Waals surface area contributed by atoms with Gasteiger partial charge in [-0.05, 0) is 46.5 Å². The molecule has 1 aromatic carbocycles. The topological polar surface area (TPSA) is 17.1 Å². The Balaban J connectivity index is 2.02. The average molecular weight is 285 g/mol. The van der Waals surface area contributed by atoms with Gasteiger partial charge in [-0.25, -0.2) is 4.39 Å². The molecule has 0 N–H and O–H groups in total. The molecule has 2 rings (SSSR count). The van der Waals surface area contributed by atoms with Crippen molar-refractivity contribution in [1.82, 2.24) is 0 Å². The highest BCUT2D eigenvalue weighted by atomic mass is 79.9. The van der Waals surface area contributed by atoms with Crippen LogP contribution in [0, 0.1) is 11.7 Å². The lowest BCUT2D eigenvalue weighted by molar-refractivity contribution is -0.122. The first-order valence-corrected chi connectivity index (χ1v) is 6.43. The molecule has 1 saturated carbocycles. The summed E-state index contributed by atoms with van der Waals surface area (Å²) < 4.78 is 13.4. The number of hydrogen-bond donors (Lipinski definition) is 0. The minimum Gasteiger partial charge on any atom is -0.299 e. The van der Waals surface area contributed by atoms with Gasteiger partial charge in [-0.2, -0.15) is 0 Å². The monoisotopic (exact) mass is 284 g/mol. The van der Waals surface area contributed by atoms with Crippen molar-refractivity contribution >= 4 is 21.7 Å². The molecule has 0 amide bonds. The van der Waals surface area contributed by atoms with Crippen molar-refractivity contribution in [2.24, 2.45) is 5.92 Å². The molecule has 0 atom stereocenters. The van der Waals surface area contributed by atoms with Crippen LogP contribution in [-0.4, -0.2) is 5.78 Å². The molecule has 1 fully saturated rings. The van der Waals surface area contributed by atoms with Crippen molar-refractivity contribution in [2.45, 2.75) is 32.1 Å². The van der Waals surface area contributed by atoms with E-state index in [9.17, 15) is 9.18 Å². The van der Waals surface area contributed by atoms with Crippen LogP contribution in [0.15, 0.2) is 22.7 Å². The molecule has 1 aromatic rings. The molecule has 0 unspecified atom stereocenters. The number of hydrogen-bond acceptors (Lipinski definition) is 1. The third-order valence-electron chi connectivity index (χ3n) is 3.17. The van der Waals surface area contributed by atoms with Gasteiger partial charge in [0.2, 0.25) is 0 Å². The van der Waals surface area contributed by atoms with E-state index in [1.165, 1.54) is 18.9 Å². The fourth-order valence-corrected chi connectivity index (χ4v) is 2.67. The molecule has 86 valence electrons. The van der Waals surface area contributed by atoms with Gasteiger partial charge >= 0.3 is 0 Å². The van der Waals surface area contributed by atoms with Crippen molar-refractivity contribution in [3.8, 4) is 0 Å². The van der Waals surface area contributed by atoms with Crippen molar-refractivity contribution in [3.63, 3.8) is 0 Å². The summed E-state index contributed by atoms with van der Waals surface area (Å²) in [7, 11) is 0. The van der Waals surface area contributed by atoms with Gasteiger partial charge in [-0.3, -0.25) is 4.79 Å². The molecule has 3 heteroatoms. The minimum atomic E-state index is -0.280. The second-order valence-electron chi connectivity index (χ2n) is 4.37. The lowest BCUT2D eigenvalue weighted by atomic mass is 9.97. The Hall–Kier alpha value is -0.700. The molecule has 16 heavy (non-hydrogen) atoms. The first kappa shape index (κ1) is 11.8. The Kier molecular flexibility index (Phi) is 3.74. The summed E-state index contributed by atoms with van der Waals surface area (Å²) in [6.45, 7) is 0. The Morgan fingerprint density at radius 1 is 1.38 bits per heavy atom. The molecular weight excluding hydrogens is 271 g/mol. The summed E-state index contributed by atoms with van der Waals surface area (Å²) in [6.07, 6.45) is 4.83. The first-order chi connectivity index (χ1) is 7.66. The van der Waals surface area contributed by atoms with E-state index in [2.05, 4.69) is 15.9 Å². The molecule has 1 nitrogen and oxygen atoms in total. The van der Waals surface area contributed by atoms with E-state index in [4.69, 9.17) is 0 Å². The quantitative estimate of drug-likeness (QED) is 0.823. The summed E-state index contributed by atoms with van der Waals surface area (Å²) in [5.74, 6) is 0.261. The molecule has 1 aliphatic rings. The smallest absolute Gasteiger partial charge is 0.140 e. The largest absolute Gasteiger partial charge is 0.299 e. The molecule has 0 aromatic heterocycles. The predicted octanol–water partition coefficient (Wildman–Crippen LogP) is 3.89. The van der Waals surface area contributed by atoms with Gasteiger partial charge in [0.15, 0.2) is 0 Å². The maximum Gasteiger partial charge on any atom is 0.140 e. The number of carbonyl (C=O) groups is 1. The lowest BCUT2D eigenvalue weighted by Crippen LogP contribution is -2.13. The molecule has 1 aliphatic carbocycles. The lowest BCUT2D eigenvalue weighted by Gasteiger charge is -2.08. The maximum atomic E-state index is 13.0. The van der Waals surface area contributed by atoms with Crippen LogP contribution < -0.4 is 0 Å². The van der Waals surface area contributed by atoms with E-state index in [1.807, 2.05) is 0 Å². The molecule has 0 radical (unpaired) electrons. The van der Waals surface area contributed by atoms with E-state index in [1.54, 1.807) is 12.1 Å². The van der Waals surface area contributed by atoms with E-state index < -0.39 is 0 Å². The van der Waals surface area contributed by atoms with Crippen molar-refractivity contribution < 1.29 is 9.18 Å². The van der Waals surface area contributed by atoms with Crippen LogP contribution >= 0.6 is 15.9 Å². The highest BCUT2D eigenvalue weighted by Gasteiger charge is 2.22. The number of benzene rings is 1. The zero-order valence-electron chi connectivity index (χ0n) is 9.01.